The molecule has 0 spiro atoms. The summed E-state index contributed by atoms with van der Waals surface area (Å²) in [6.07, 6.45) is 9.54. The minimum absolute atomic E-state index is 0.132. The van der Waals surface area contributed by atoms with Gasteiger partial charge in [-0.05, 0) is 48.6 Å². The van der Waals surface area contributed by atoms with Gasteiger partial charge in [0.2, 0.25) is 0 Å². The fraction of sp³-hybridized carbons (Fsp3) is 0.591. The summed E-state index contributed by atoms with van der Waals surface area (Å²) in [5.74, 6) is 0.163. The Hall–Kier alpha value is -1.99. The number of aliphatic hydroxyl groups excluding tert-OH is 1. The van der Waals surface area contributed by atoms with E-state index in [1.165, 1.54) is 0 Å². The number of carbonyl (C=O) groups is 1. The van der Waals surface area contributed by atoms with Gasteiger partial charge < -0.3 is 14.6 Å². The normalized spacial score (nSPS) is 26.0. The number of terminal acetylenes is 1. The Morgan fingerprint density at radius 1 is 1.35 bits per heavy atom. The summed E-state index contributed by atoms with van der Waals surface area (Å²) in [5.41, 5.74) is 0.954. The van der Waals surface area contributed by atoms with Gasteiger partial charge in [0.15, 0.2) is 5.60 Å². The van der Waals surface area contributed by atoms with E-state index in [0.717, 1.165) is 17.5 Å². The molecule has 1 saturated carbocycles. The molecule has 1 aliphatic rings. The van der Waals surface area contributed by atoms with Crippen LogP contribution in [0.5, 0.6) is 0 Å². The fourth-order valence-corrected chi connectivity index (χ4v) is 3.82. The van der Waals surface area contributed by atoms with Crippen molar-refractivity contribution in [1.82, 2.24) is 0 Å². The maximum Gasteiger partial charge on any atom is 0.310 e. The van der Waals surface area contributed by atoms with Crippen molar-refractivity contribution in [3.63, 3.8) is 0 Å². The SMILES string of the molecule is C#CO[C@@]1(c2ccc(CC(=O)OCC)cc2)CC[C@@H](C(C)(C)C)C[C@H]1O. The van der Waals surface area contributed by atoms with Crippen LogP contribution >= 0.6 is 0 Å². The number of ether oxygens (including phenoxy) is 2. The van der Waals surface area contributed by atoms with Crippen LogP contribution in [0.3, 0.4) is 0 Å². The van der Waals surface area contributed by atoms with E-state index >= 15 is 0 Å². The molecule has 142 valence electrons. The lowest BCUT2D eigenvalue weighted by atomic mass is 9.65. The van der Waals surface area contributed by atoms with Crippen LogP contribution in [-0.2, 0) is 26.3 Å². The van der Waals surface area contributed by atoms with Gasteiger partial charge >= 0.3 is 5.97 Å². The second-order valence-corrected chi connectivity index (χ2v) is 8.14. The molecule has 2 rings (SSSR count). The van der Waals surface area contributed by atoms with E-state index in [0.29, 0.717) is 25.4 Å². The highest BCUT2D eigenvalue weighted by atomic mass is 16.5. The van der Waals surface area contributed by atoms with Crippen molar-refractivity contribution in [2.75, 3.05) is 6.61 Å². The highest BCUT2D eigenvalue weighted by molar-refractivity contribution is 5.72. The lowest BCUT2D eigenvalue weighted by Crippen LogP contribution is -2.48. The molecule has 1 aromatic rings. The minimum atomic E-state index is -0.890. The molecule has 0 aliphatic heterocycles. The Morgan fingerprint density at radius 3 is 2.50 bits per heavy atom. The van der Waals surface area contributed by atoms with Gasteiger partial charge in [0.05, 0.1) is 19.1 Å². The zero-order valence-electron chi connectivity index (χ0n) is 16.2. The molecule has 4 heteroatoms. The number of rotatable bonds is 5. The molecule has 0 unspecified atom stereocenters. The average Bonchev–Trinajstić information content (AvgIpc) is 2.57. The van der Waals surface area contributed by atoms with Crippen molar-refractivity contribution in [3.8, 4) is 12.5 Å². The summed E-state index contributed by atoms with van der Waals surface area (Å²) >= 11 is 0. The molecule has 0 aromatic heterocycles. The summed E-state index contributed by atoms with van der Waals surface area (Å²) in [6, 6.07) is 7.53. The molecule has 0 radical (unpaired) electrons. The third-order valence-corrected chi connectivity index (χ3v) is 5.47. The molecule has 0 heterocycles. The highest BCUT2D eigenvalue weighted by Gasteiger charge is 2.48. The van der Waals surface area contributed by atoms with E-state index < -0.39 is 11.7 Å². The Bertz CT molecular complexity index is 650. The van der Waals surface area contributed by atoms with Gasteiger partial charge in [0.25, 0.3) is 0 Å². The molecule has 3 atom stereocenters. The van der Waals surface area contributed by atoms with E-state index in [2.05, 4.69) is 26.9 Å². The first-order valence-electron chi connectivity index (χ1n) is 9.29. The Kier molecular flexibility index (Phi) is 6.36. The molecule has 1 aliphatic carbocycles. The lowest BCUT2D eigenvalue weighted by Gasteiger charge is -2.46. The Morgan fingerprint density at radius 2 is 2.00 bits per heavy atom. The van der Waals surface area contributed by atoms with E-state index in [4.69, 9.17) is 15.9 Å². The van der Waals surface area contributed by atoms with E-state index in [1.54, 1.807) is 6.92 Å². The van der Waals surface area contributed by atoms with Gasteiger partial charge in [0.1, 0.15) is 6.11 Å². The molecule has 0 amide bonds. The minimum Gasteiger partial charge on any atom is -0.466 e. The van der Waals surface area contributed by atoms with Crippen molar-refractivity contribution in [1.29, 1.82) is 0 Å². The van der Waals surface area contributed by atoms with Crippen LogP contribution in [0.4, 0.5) is 0 Å². The zero-order chi connectivity index (χ0) is 19.4. The van der Waals surface area contributed by atoms with Crippen LogP contribution in [0.1, 0.15) is 58.1 Å². The van der Waals surface area contributed by atoms with Gasteiger partial charge in [-0.25, -0.2) is 0 Å². The molecule has 26 heavy (non-hydrogen) atoms. The third-order valence-electron chi connectivity index (χ3n) is 5.47. The van der Waals surface area contributed by atoms with Gasteiger partial charge in [0, 0.05) is 0 Å². The molecule has 4 nitrogen and oxygen atoms in total. The van der Waals surface area contributed by atoms with Gasteiger partial charge in [-0.15, -0.1) is 0 Å². The summed E-state index contributed by atoms with van der Waals surface area (Å²) in [5, 5.41) is 10.9. The van der Waals surface area contributed by atoms with Crippen LogP contribution in [-0.4, -0.2) is 23.8 Å². The molecule has 1 fully saturated rings. The van der Waals surface area contributed by atoms with Crippen LogP contribution in [0.25, 0.3) is 0 Å². The van der Waals surface area contributed by atoms with E-state index in [1.807, 2.05) is 24.3 Å². The molecular formula is C22H30O4. The maximum atomic E-state index is 11.6. The van der Waals surface area contributed by atoms with Crippen molar-refractivity contribution in [2.45, 2.75) is 65.1 Å². The highest BCUT2D eigenvalue weighted by Crippen LogP contribution is 2.47. The van der Waals surface area contributed by atoms with Crippen LogP contribution in [0.2, 0.25) is 0 Å². The molecule has 1 aromatic carbocycles. The standard InChI is InChI=1S/C22H30O4/c1-6-25-20(24)14-16-8-10-17(11-9-16)22(26-7-2)13-12-18(15-19(22)23)21(3,4)5/h2,8-11,18-19,23H,6,12-15H2,1,3-5H3/t18-,19-,22-/m1/s1. The number of hydrogen-bond donors (Lipinski definition) is 1. The monoisotopic (exact) mass is 358 g/mol. The predicted octanol–water partition coefficient (Wildman–Crippen LogP) is 3.80. The first-order valence-corrected chi connectivity index (χ1v) is 9.29. The molecule has 0 saturated heterocycles. The second kappa shape index (κ2) is 8.14. The Labute approximate surface area is 156 Å². The summed E-state index contributed by atoms with van der Waals surface area (Å²) < 4.78 is 10.7. The van der Waals surface area contributed by atoms with Gasteiger partial charge in [-0.3, -0.25) is 4.79 Å². The third kappa shape index (κ3) is 4.40. The van der Waals surface area contributed by atoms with Crippen LogP contribution < -0.4 is 0 Å². The van der Waals surface area contributed by atoms with Crippen molar-refractivity contribution in [3.05, 3.63) is 35.4 Å². The molecule has 1 N–H and O–H groups in total. The first kappa shape index (κ1) is 20.3. The average molecular weight is 358 g/mol. The Balaban J connectivity index is 2.22. The number of carbonyl (C=O) groups excluding carboxylic acids is 1. The number of benzene rings is 1. The van der Waals surface area contributed by atoms with Crippen LogP contribution in [0.15, 0.2) is 24.3 Å². The smallest absolute Gasteiger partial charge is 0.310 e. The fourth-order valence-electron chi connectivity index (χ4n) is 3.82. The number of aliphatic hydroxyl groups is 1. The largest absolute Gasteiger partial charge is 0.466 e. The topological polar surface area (TPSA) is 55.8 Å². The second-order valence-electron chi connectivity index (χ2n) is 8.14. The number of esters is 1. The zero-order valence-corrected chi connectivity index (χ0v) is 16.2. The number of hydrogen-bond acceptors (Lipinski definition) is 4. The summed E-state index contributed by atoms with van der Waals surface area (Å²) in [7, 11) is 0. The molecular weight excluding hydrogens is 328 g/mol. The first-order chi connectivity index (χ1) is 12.2. The van der Waals surface area contributed by atoms with Crippen molar-refractivity contribution < 1.29 is 19.4 Å². The quantitative estimate of drug-likeness (QED) is 0.642. The van der Waals surface area contributed by atoms with E-state index in [9.17, 15) is 9.90 Å². The van der Waals surface area contributed by atoms with E-state index in [-0.39, 0.29) is 17.8 Å². The van der Waals surface area contributed by atoms with Gasteiger partial charge in [-0.2, -0.15) is 0 Å². The molecule has 0 bridgehead atoms. The lowest BCUT2D eigenvalue weighted by molar-refractivity contribution is -0.142. The van der Waals surface area contributed by atoms with Crippen molar-refractivity contribution >= 4 is 5.97 Å². The van der Waals surface area contributed by atoms with Crippen LogP contribution in [0, 0.1) is 23.9 Å². The predicted molar refractivity (Wildman–Crippen MR) is 101 cm³/mol. The summed E-state index contributed by atoms with van der Waals surface area (Å²) in [6.45, 7) is 8.76. The summed E-state index contributed by atoms with van der Waals surface area (Å²) in [4.78, 5) is 11.6. The van der Waals surface area contributed by atoms with Crippen molar-refractivity contribution in [2.24, 2.45) is 11.3 Å². The maximum absolute atomic E-state index is 11.6. The van der Waals surface area contributed by atoms with Gasteiger partial charge in [-0.1, -0.05) is 51.5 Å².